The van der Waals surface area contributed by atoms with Crippen molar-refractivity contribution in [3.63, 3.8) is 0 Å². The van der Waals surface area contributed by atoms with E-state index < -0.39 is 0 Å². The van der Waals surface area contributed by atoms with Crippen LogP contribution in [0, 0.1) is 0 Å². The highest BCUT2D eigenvalue weighted by molar-refractivity contribution is 6.04. The van der Waals surface area contributed by atoms with Crippen LogP contribution in [0.1, 0.15) is 28.3 Å². The van der Waals surface area contributed by atoms with Gasteiger partial charge in [0.15, 0.2) is 0 Å². The topological polar surface area (TPSA) is 55.1 Å². The van der Waals surface area contributed by atoms with E-state index in [4.69, 9.17) is 5.73 Å². The number of benzene rings is 2. The normalized spacial score (nSPS) is 20.9. The Labute approximate surface area is 112 Å². The molecule has 0 heterocycles. The van der Waals surface area contributed by atoms with Gasteiger partial charge >= 0.3 is 0 Å². The van der Waals surface area contributed by atoms with Crippen LogP contribution in [0.25, 0.3) is 0 Å². The minimum absolute atomic E-state index is 0.0866. The van der Waals surface area contributed by atoms with Crippen LogP contribution in [0.4, 0.5) is 5.69 Å². The molecule has 2 atom stereocenters. The average Bonchev–Trinajstić information content (AvgIpc) is 3.18. The molecule has 2 aromatic carbocycles. The van der Waals surface area contributed by atoms with E-state index in [0.29, 0.717) is 17.5 Å². The summed E-state index contributed by atoms with van der Waals surface area (Å²) in [5.74, 6) is 0.412. The van der Waals surface area contributed by atoms with Crippen LogP contribution >= 0.6 is 0 Å². The number of hydrogen-bond donors (Lipinski definition) is 2. The Morgan fingerprint density at radius 1 is 1.05 bits per heavy atom. The molecule has 19 heavy (non-hydrogen) atoms. The number of nitrogens with one attached hydrogen (secondary N) is 1. The average molecular weight is 252 g/mol. The molecule has 1 amide bonds. The first kappa shape index (κ1) is 11.9. The maximum atomic E-state index is 12.0. The van der Waals surface area contributed by atoms with Crippen molar-refractivity contribution in [3.05, 3.63) is 65.7 Å². The first-order valence-electron chi connectivity index (χ1n) is 6.46. The molecule has 0 aliphatic heterocycles. The summed E-state index contributed by atoms with van der Waals surface area (Å²) in [4.78, 5) is 12.0. The van der Waals surface area contributed by atoms with E-state index in [0.717, 1.165) is 12.1 Å². The zero-order chi connectivity index (χ0) is 13.2. The van der Waals surface area contributed by atoms with Gasteiger partial charge in [-0.2, -0.15) is 0 Å². The minimum atomic E-state index is -0.0866. The highest BCUT2D eigenvalue weighted by atomic mass is 16.1. The van der Waals surface area contributed by atoms with Crippen LogP contribution in [-0.2, 0) is 0 Å². The third kappa shape index (κ3) is 2.66. The van der Waals surface area contributed by atoms with E-state index in [1.54, 1.807) is 12.1 Å². The van der Waals surface area contributed by atoms with Crippen LogP contribution in [-0.4, -0.2) is 11.9 Å². The highest BCUT2D eigenvalue weighted by Crippen LogP contribution is 2.39. The van der Waals surface area contributed by atoms with Gasteiger partial charge in [0, 0.05) is 23.2 Å². The van der Waals surface area contributed by atoms with Crippen molar-refractivity contribution in [1.29, 1.82) is 0 Å². The van der Waals surface area contributed by atoms with Gasteiger partial charge < -0.3 is 11.1 Å². The van der Waals surface area contributed by atoms with Gasteiger partial charge in [-0.05, 0) is 36.2 Å². The predicted octanol–water partition coefficient (Wildman–Crippen LogP) is 2.75. The van der Waals surface area contributed by atoms with Crippen LogP contribution in [0.3, 0.4) is 0 Å². The molecule has 0 bridgehead atoms. The van der Waals surface area contributed by atoms with E-state index in [9.17, 15) is 4.79 Å². The largest absolute Gasteiger partial charge is 0.327 e. The van der Waals surface area contributed by atoms with Gasteiger partial charge in [-0.15, -0.1) is 0 Å². The monoisotopic (exact) mass is 252 g/mol. The Balaban J connectivity index is 1.68. The molecule has 1 aliphatic carbocycles. The van der Waals surface area contributed by atoms with Gasteiger partial charge in [0.1, 0.15) is 0 Å². The summed E-state index contributed by atoms with van der Waals surface area (Å²) in [6.45, 7) is 0. The molecule has 3 heteroatoms. The summed E-state index contributed by atoms with van der Waals surface area (Å²) in [6.07, 6.45) is 1.07. The zero-order valence-corrected chi connectivity index (χ0v) is 10.5. The molecule has 3 N–H and O–H groups in total. The van der Waals surface area contributed by atoms with Gasteiger partial charge in [-0.25, -0.2) is 0 Å². The molecule has 3 rings (SSSR count). The SMILES string of the molecule is NC1C[C@H]1c1ccc(NC(=O)c2ccccc2)cc1. The molecule has 2 aromatic rings. The molecule has 0 spiro atoms. The number of carbonyl (C=O) groups excluding carboxylic acids is 1. The molecule has 1 aliphatic rings. The van der Waals surface area contributed by atoms with Gasteiger partial charge in [0.05, 0.1) is 0 Å². The molecular weight excluding hydrogens is 236 g/mol. The predicted molar refractivity (Wildman–Crippen MR) is 76.2 cm³/mol. The van der Waals surface area contributed by atoms with Crippen molar-refractivity contribution in [2.75, 3.05) is 5.32 Å². The molecule has 0 aromatic heterocycles. The third-order valence-corrected chi connectivity index (χ3v) is 3.47. The van der Waals surface area contributed by atoms with Gasteiger partial charge in [-0.1, -0.05) is 30.3 Å². The van der Waals surface area contributed by atoms with Gasteiger partial charge in [0.2, 0.25) is 0 Å². The molecule has 3 nitrogen and oxygen atoms in total. The summed E-state index contributed by atoms with van der Waals surface area (Å²) in [7, 11) is 0. The lowest BCUT2D eigenvalue weighted by Gasteiger charge is -2.06. The summed E-state index contributed by atoms with van der Waals surface area (Å²) in [5, 5.41) is 2.89. The second-order valence-electron chi connectivity index (χ2n) is 4.95. The Hall–Kier alpha value is -2.13. The second kappa shape index (κ2) is 4.86. The molecule has 0 saturated heterocycles. The lowest BCUT2D eigenvalue weighted by molar-refractivity contribution is 0.102. The summed E-state index contributed by atoms with van der Waals surface area (Å²) in [6, 6.07) is 17.5. The summed E-state index contributed by atoms with van der Waals surface area (Å²) < 4.78 is 0. The van der Waals surface area contributed by atoms with Crippen molar-refractivity contribution >= 4 is 11.6 Å². The lowest BCUT2D eigenvalue weighted by atomic mass is 10.1. The number of anilines is 1. The first-order chi connectivity index (χ1) is 9.24. The Morgan fingerprint density at radius 3 is 2.26 bits per heavy atom. The zero-order valence-electron chi connectivity index (χ0n) is 10.5. The highest BCUT2D eigenvalue weighted by Gasteiger charge is 2.34. The van der Waals surface area contributed by atoms with Crippen molar-refractivity contribution < 1.29 is 4.79 Å². The van der Waals surface area contributed by atoms with Crippen molar-refractivity contribution in [3.8, 4) is 0 Å². The number of amides is 1. The van der Waals surface area contributed by atoms with Crippen molar-refractivity contribution in [2.24, 2.45) is 5.73 Å². The number of nitrogens with two attached hydrogens (primary N) is 1. The summed E-state index contributed by atoms with van der Waals surface area (Å²) in [5.41, 5.74) is 8.55. The van der Waals surface area contributed by atoms with E-state index in [2.05, 4.69) is 5.32 Å². The third-order valence-electron chi connectivity index (χ3n) is 3.47. The van der Waals surface area contributed by atoms with Crippen molar-refractivity contribution in [1.82, 2.24) is 0 Å². The second-order valence-corrected chi connectivity index (χ2v) is 4.95. The van der Waals surface area contributed by atoms with Crippen LogP contribution in [0.15, 0.2) is 54.6 Å². The molecule has 1 saturated carbocycles. The Kier molecular flexibility index (Phi) is 3.05. The van der Waals surface area contributed by atoms with Crippen molar-refractivity contribution in [2.45, 2.75) is 18.4 Å². The quantitative estimate of drug-likeness (QED) is 0.882. The molecule has 96 valence electrons. The smallest absolute Gasteiger partial charge is 0.255 e. The standard InChI is InChI=1S/C16H16N2O/c17-15-10-14(15)11-6-8-13(9-7-11)18-16(19)12-4-2-1-3-5-12/h1-9,14-15H,10,17H2,(H,18,19)/t14-,15?/m0/s1. The number of hydrogen-bond acceptors (Lipinski definition) is 2. The maximum Gasteiger partial charge on any atom is 0.255 e. The molecule has 1 fully saturated rings. The van der Waals surface area contributed by atoms with Crippen LogP contribution in [0.5, 0.6) is 0 Å². The maximum absolute atomic E-state index is 12.0. The van der Waals surface area contributed by atoms with E-state index >= 15 is 0 Å². The number of rotatable bonds is 3. The van der Waals surface area contributed by atoms with E-state index in [-0.39, 0.29) is 5.91 Å². The minimum Gasteiger partial charge on any atom is -0.327 e. The molecule has 1 unspecified atom stereocenters. The lowest BCUT2D eigenvalue weighted by Crippen LogP contribution is -2.11. The Morgan fingerprint density at radius 2 is 1.68 bits per heavy atom. The first-order valence-corrected chi connectivity index (χ1v) is 6.46. The van der Waals surface area contributed by atoms with E-state index in [1.807, 2.05) is 42.5 Å². The van der Waals surface area contributed by atoms with Crippen LogP contribution in [0.2, 0.25) is 0 Å². The fourth-order valence-electron chi connectivity index (χ4n) is 2.20. The van der Waals surface area contributed by atoms with Gasteiger partial charge in [0.25, 0.3) is 5.91 Å². The molecular formula is C16H16N2O. The van der Waals surface area contributed by atoms with Crippen LogP contribution < -0.4 is 11.1 Å². The molecule has 0 radical (unpaired) electrons. The Bertz CT molecular complexity index is 577. The fraction of sp³-hybridized carbons (Fsp3) is 0.188. The van der Waals surface area contributed by atoms with Gasteiger partial charge in [-0.3, -0.25) is 4.79 Å². The fourth-order valence-corrected chi connectivity index (χ4v) is 2.20. The van der Waals surface area contributed by atoms with E-state index in [1.165, 1.54) is 5.56 Å². The summed E-state index contributed by atoms with van der Waals surface area (Å²) >= 11 is 0. The number of carbonyl (C=O) groups is 1.